The minimum atomic E-state index is -0.328. The third-order valence-corrected chi connectivity index (χ3v) is 3.80. The van der Waals surface area contributed by atoms with Crippen LogP contribution in [0.3, 0.4) is 0 Å². The fraction of sp³-hybridized carbons (Fsp3) is 0.211. The van der Waals surface area contributed by atoms with Crippen molar-refractivity contribution >= 4 is 12.4 Å². The molecule has 0 unspecified atom stereocenters. The SMILES string of the molecule is O=CC1=Cc2c(F)cc(CCCc3ccccc3)cc2OC1. The molecule has 1 heterocycles. The first-order valence-corrected chi connectivity index (χ1v) is 7.41. The van der Waals surface area contributed by atoms with Crippen LogP contribution in [0.5, 0.6) is 5.75 Å². The number of benzene rings is 2. The van der Waals surface area contributed by atoms with Crippen LogP contribution in [0.25, 0.3) is 6.08 Å². The maximum Gasteiger partial charge on any atom is 0.149 e. The summed E-state index contributed by atoms with van der Waals surface area (Å²) in [7, 11) is 0. The molecule has 2 nitrogen and oxygen atoms in total. The Bertz CT molecular complexity index is 705. The van der Waals surface area contributed by atoms with Crippen LogP contribution < -0.4 is 4.74 Å². The molecule has 0 saturated carbocycles. The van der Waals surface area contributed by atoms with Crippen molar-refractivity contribution in [2.24, 2.45) is 0 Å². The average molecular weight is 296 g/mol. The second-order valence-electron chi connectivity index (χ2n) is 5.45. The molecule has 0 spiro atoms. The molecule has 2 aromatic rings. The molecule has 0 atom stereocenters. The monoisotopic (exact) mass is 296 g/mol. The Labute approximate surface area is 129 Å². The van der Waals surface area contributed by atoms with E-state index in [0.717, 1.165) is 24.8 Å². The largest absolute Gasteiger partial charge is 0.488 e. The topological polar surface area (TPSA) is 26.3 Å². The number of carbonyl (C=O) groups excluding carboxylic acids is 1. The lowest BCUT2D eigenvalue weighted by molar-refractivity contribution is -0.105. The van der Waals surface area contributed by atoms with E-state index in [0.29, 0.717) is 23.2 Å². The lowest BCUT2D eigenvalue weighted by Gasteiger charge is -2.17. The fourth-order valence-electron chi connectivity index (χ4n) is 2.65. The maximum atomic E-state index is 14.2. The first kappa shape index (κ1) is 14.5. The molecule has 22 heavy (non-hydrogen) atoms. The van der Waals surface area contributed by atoms with Crippen molar-refractivity contribution in [3.8, 4) is 5.75 Å². The third-order valence-electron chi connectivity index (χ3n) is 3.80. The van der Waals surface area contributed by atoms with Crippen molar-refractivity contribution in [1.82, 2.24) is 0 Å². The van der Waals surface area contributed by atoms with Gasteiger partial charge >= 0.3 is 0 Å². The second kappa shape index (κ2) is 6.56. The summed E-state index contributed by atoms with van der Waals surface area (Å²) in [5, 5.41) is 0. The number of rotatable bonds is 5. The molecule has 112 valence electrons. The minimum Gasteiger partial charge on any atom is -0.488 e. The van der Waals surface area contributed by atoms with Crippen molar-refractivity contribution in [1.29, 1.82) is 0 Å². The van der Waals surface area contributed by atoms with Crippen LogP contribution in [0.2, 0.25) is 0 Å². The Hall–Kier alpha value is -2.42. The lowest BCUT2D eigenvalue weighted by Crippen LogP contribution is -2.10. The predicted octanol–water partition coefficient (Wildman–Crippen LogP) is 3.98. The molecule has 1 aliphatic rings. The molecule has 1 aliphatic heterocycles. The van der Waals surface area contributed by atoms with E-state index in [2.05, 4.69) is 12.1 Å². The van der Waals surface area contributed by atoms with Gasteiger partial charge in [-0.25, -0.2) is 4.39 Å². The Kier molecular flexibility index (Phi) is 4.33. The summed E-state index contributed by atoms with van der Waals surface area (Å²) in [6, 6.07) is 13.7. The molecule has 0 radical (unpaired) electrons. The molecule has 3 rings (SSSR count). The van der Waals surface area contributed by atoms with Crippen molar-refractivity contribution in [2.45, 2.75) is 19.3 Å². The normalized spacial score (nSPS) is 13.0. The standard InChI is InChI=1S/C19H17FO2/c20-18-10-15(8-4-7-14-5-2-1-3-6-14)11-19-17(18)9-16(12-21)13-22-19/h1-3,5-6,9-12H,4,7-8,13H2. The van der Waals surface area contributed by atoms with E-state index in [1.165, 1.54) is 11.6 Å². The summed E-state index contributed by atoms with van der Waals surface area (Å²) in [5.74, 6) is 0.201. The van der Waals surface area contributed by atoms with E-state index in [9.17, 15) is 9.18 Å². The Morgan fingerprint density at radius 2 is 1.86 bits per heavy atom. The molecular formula is C19H17FO2. The van der Waals surface area contributed by atoms with Crippen LogP contribution in [0, 0.1) is 5.82 Å². The van der Waals surface area contributed by atoms with E-state index in [-0.39, 0.29) is 12.4 Å². The minimum absolute atomic E-state index is 0.212. The van der Waals surface area contributed by atoms with Crippen molar-refractivity contribution < 1.29 is 13.9 Å². The molecule has 0 bridgehead atoms. The quantitative estimate of drug-likeness (QED) is 0.780. The van der Waals surface area contributed by atoms with Crippen LogP contribution in [0.4, 0.5) is 4.39 Å². The highest BCUT2D eigenvalue weighted by Gasteiger charge is 2.16. The van der Waals surface area contributed by atoms with Gasteiger partial charge in [0.15, 0.2) is 0 Å². The summed E-state index contributed by atoms with van der Waals surface area (Å²) in [6.07, 6.45) is 4.99. The second-order valence-corrected chi connectivity index (χ2v) is 5.45. The first-order chi connectivity index (χ1) is 10.8. The van der Waals surface area contributed by atoms with Crippen LogP contribution in [0.15, 0.2) is 48.0 Å². The van der Waals surface area contributed by atoms with Gasteiger partial charge in [0.2, 0.25) is 0 Å². The zero-order valence-corrected chi connectivity index (χ0v) is 12.2. The number of ether oxygens (including phenoxy) is 1. The molecule has 0 aliphatic carbocycles. The smallest absolute Gasteiger partial charge is 0.149 e. The van der Waals surface area contributed by atoms with Gasteiger partial charge in [0.25, 0.3) is 0 Å². The summed E-state index contributed by atoms with van der Waals surface area (Å²) in [4.78, 5) is 10.8. The molecule has 3 heteroatoms. The molecule has 2 aromatic carbocycles. The van der Waals surface area contributed by atoms with E-state index >= 15 is 0 Å². The summed E-state index contributed by atoms with van der Waals surface area (Å²) in [5.41, 5.74) is 3.05. The van der Waals surface area contributed by atoms with Gasteiger partial charge in [0, 0.05) is 5.57 Å². The van der Waals surface area contributed by atoms with Crippen LogP contribution in [0.1, 0.15) is 23.1 Å². The highest BCUT2D eigenvalue weighted by atomic mass is 19.1. The number of aryl methyl sites for hydroxylation is 2. The van der Waals surface area contributed by atoms with Crippen LogP contribution >= 0.6 is 0 Å². The molecule has 0 N–H and O–H groups in total. The zero-order valence-electron chi connectivity index (χ0n) is 12.2. The number of carbonyl (C=O) groups is 1. The molecule has 0 fully saturated rings. The molecule has 0 aromatic heterocycles. The summed E-state index contributed by atoms with van der Waals surface area (Å²) >= 11 is 0. The van der Waals surface area contributed by atoms with Gasteiger partial charge in [-0.15, -0.1) is 0 Å². The van der Waals surface area contributed by atoms with Crippen molar-refractivity contribution in [3.05, 3.63) is 70.5 Å². The average Bonchev–Trinajstić information content (AvgIpc) is 2.56. The van der Waals surface area contributed by atoms with Gasteiger partial charge in [0.1, 0.15) is 24.5 Å². The van der Waals surface area contributed by atoms with E-state index in [1.54, 1.807) is 6.08 Å². The van der Waals surface area contributed by atoms with E-state index < -0.39 is 0 Å². The van der Waals surface area contributed by atoms with Gasteiger partial charge in [0.05, 0.1) is 5.56 Å². The zero-order chi connectivity index (χ0) is 15.4. The Balaban J connectivity index is 1.70. The lowest BCUT2D eigenvalue weighted by atomic mass is 10.00. The summed E-state index contributed by atoms with van der Waals surface area (Å²) < 4.78 is 19.6. The van der Waals surface area contributed by atoms with Gasteiger partial charge in [-0.3, -0.25) is 4.79 Å². The predicted molar refractivity (Wildman–Crippen MR) is 84.4 cm³/mol. The third kappa shape index (κ3) is 3.25. The number of halogens is 1. The van der Waals surface area contributed by atoms with Gasteiger partial charge in [-0.2, -0.15) is 0 Å². The van der Waals surface area contributed by atoms with Crippen LogP contribution in [-0.4, -0.2) is 12.9 Å². The van der Waals surface area contributed by atoms with E-state index in [4.69, 9.17) is 4.74 Å². The number of fused-ring (bicyclic) bond motifs is 1. The summed E-state index contributed by atoms with van der Waals surface area (Å²) in [6.45, 7) is 0.212. The van der Waals surface area contributed by atoms with Gasteiger partial charge in [-0.1, -0.05) is 30.3 Å². The van der Waals surface area contributed by atoms with Crippen molar-refractivity contribution in [2.75, 3.05) is 6.61 Å². The Morgan fingerprint density at radius 3 is 2.64 bits per heavy atom. The molecular weight excluding hydrogens is 279 g/mol. The molecule has 0 saturated heterocycles. The first-order valence-electron chi connectivity index (χ1n) is 7.41. The number of hydrogen-bond acceptors (Lipinski definition) is 2. The van der Waals surface area contributed by atoms with Gasteiger partial charge in [-0.05, 0) is 48.6 Å². The maximum absolute atomic E-state index is 14.2. The number of aldehydes is 1. The Morgan fingerprint density at radius 1 is 1.09 bits per heavy atom. The van der Waals surface area contributed by atoms with Gasteiger partial charge < -0.3 is 4.74 Å². The van der Waals surface area contributed by atoms with Crippen LogP contribution in [-0.2, 0) is 17.6 Å². The van der Waals surface area contributed by atoms with Crippen molar-refractivity contribution in [3.63, 3.8) is 0 Å². The highest BCUT2D eigenvalue weighted by Crippen LogP contribution is 2.30. The molecule has 0 amide bonds. The fourth-order valence-corrected chi connectivity index (χ4v) is 2.65. The number of hydrogen-bond donors (Lipinski definition) is 0. The van der Waals surface area contributed by atoms with E-state index in [1.807, 2.05) is 24.3 Å². The highest BCUT2D eigenvalue weighted by molar-refractivity contribution is 5.84.